The van der Waals surface area contributed by atoms with Gasteiger partial charge in [-0.15, -0.1) is 0 Å². The Morgan fingerprint density at radius 1 is 1.26 bits per heavy atom. The van der Waals surface area contributed by atoms with E-state index in [-0.39, 0.29) is 5.88 Å². The number of nitriles is 1. The zero-order chi connectivity index (χ0) is 16.7. The van der Waals surface area contributed by atoms with Crippen LogP contribution < -0.4 is 9.47 Å². The Hall–Kier alpha value is -3.33. The van der Waals surface area contributed by atoms with Crippen LogP contribution in [0.3, 0.4) is 0 Å². The minimum absolute atomic E-state index is 0.200. The summed E-state index contributed by atoms with van der Waals surface area (Å²) in [4.78, 5) is 15.2. The number of ether oxygens (including phenoxy) is 3. The molecule has 23 heavy (non-hydrogen) atoms. The molecule has 0 N–H and O–H groups in total. The first-order valence-corrected chi connectivity index (χ1v) is 6.65. The quantitative estimate of drug-likeness (QED) is 0.624. The predicted molar refractivity (Wildman–Crippen MR) is 83.1 cm³/mol. The van der Waals surface area contributed by atoms with E-state index in [9.17, 15) is 4.79 Å². The summed E-state index contributed by atoms with van der Waals surface area (Å²) in [5, 5.41) is 9.06. The van der Waals surface area contributed by atoms with E-state index in [1.165, 1.54) is 26.5 Å². The Kier molecular flexibility index (Phi) is 5.31. The maximum absolute atomic E-state index is 11.1. The van der Waals surface area contributed by atoms with Gasteiger partial charge in [0, 0.05) is 12.3 Å². The highest BCUT2D eigenvalue weighted by Crippen LogP contribution is 2.32. The molecule has 0 fully saturated rings. The molecule has 0 aliphatic carbocycles. The van der Waals surface area contributed by atoms with Crippen molar-refractivity contribution in [3.8, 4) is 23.4 Å². The number of rotatable bonds is 5. The number of esters is 1. The van der Waals surface area contributed by atoms with Crippen LogP contribution in [0.15, 0.2) is 42.6 Å². The number of nitrogens with zero attached hydrogens (tertiary/aromatic N) is 2. The minimum Gasteiger partial charge on any atom is -0.493 e. The van der Waals surface area contributed by atoms with Gasteiger partial charge in [-0.25, -0.2) is 9.78 Å². The second-order valence-electron chi connectivity index (χ2n) is 4.34. The molecule has 0 unspecified atom stereocenters. The van der Waals surface area contributed by atoms with Gasteiger partial charge in [0.15, 0.2) is 11.5 Å². The fraction of sp³-hybridized carbons (Fsp3) is 0.118. The molecule has 6 heteroatoms. The molecule has 0 saturated carbocycles. The molecule has 2 rings (SSSR count). The molecule has 0 saturated heterocycles. The summed E-state index contributed by atoms with van der Waals surface area (Å²) in [5.74, 6) is 0.618. The smallest absolute Gasteiger partial charge is 0.330 e. The summed E-state index contributed by atoms with van der Waals surface area (Å²) in [6.45, 7) is 0. The van der Waals surface area contributed by atoms with E-state index in [1.54, 1.807) is 36.4 Å². The van der Waals surface area contributed by atoms with Crippen LogP contribution in [-0.4, -0.2) is 25.2 Å². The van der Waals surface area contributed by atoms with Crippen LogP contribution in [-0.2, 0) is 9.53 Å². The highest BCUT2D eigenvalue weighted by molar-refractivity contribution is 5.87. The van der Waals surface area contributed by atoms with E-state index >= 15 is 0 Å². The van der Waals surface area contributed by atoms with Crippen molar-refractivity contribution in [3.05, 3.63) is 53.7 Å². The minimum atomic E-state index is -0.448. The second-order valence-corrected chi connectivity index (χ2v) is 4.34. The first-order valence-electron chi connectivity index (χ1n) is 6.65. The van der Waals surface area contributed by atoms with Gasteiger partial charge >= 0.3 is 5.97 Å². The molecule has 0 aliphatic heterocycles. The van der Waals surface area contributed by atoms with Crippen LogP contribution in [0.25, 0.3) is 6.08 Å². The van der Waals surface area contributed by atoms with Gasteiger partial charge in [-0.05, 0) is 35.9 Å². The van der Waals surface area contributed by atoms with Gasteiger partial charge < -0.3 is 14.2 Å². The zero-order valence-corrected chi connectivity index (χ0v) is 12.6. The largest absolute Gasteiger partial charge is 0.493 e. The van der Waals surface area contributed by atoms with Crippen molar-refractivity contribution < 1.29 is 19.0 Å². The number of methoxy groups -OCH3 is 2. The lowest BCUT2D eigenvalue weighted by molar-refractivity contribution is -0.134. The Morgan fingerprint density at radius 3 is 2.78 bits per heavy atom. The molecule has 0 spiro atoms. The van der Waals surface area contributed by atoms with Crippen molar-refractivity contribution in [3.63, 3.8) is 0 Å². The SMILES string of the molecule is COC(=O)/C=C/c1ccc(Oc2ncccc2C#N)c(OC)c1. The van der Waals surface area contributed by atoms with Gasteiger partial charge in [0.05, 0.1) is 14.2 Å². The summed E-state index contributed by atoms with van der Waals surface area (Å²) in [6.07, 6.45) is 4.44. The molecular formula is C17H14N2O4. The Balaban J connectivity index is 2.28. The Bertz CT molecular complexity index is 778. The summed E-state index contributed by atoms with van der Waals surface area (Å²) in [5.41, 5.74) is 1.06. The third kappa shape index (κ3) is 4.08. The van der Waals surface area contributed by atoms with E-state index < -0.39 is 5.97 Å². The molecule has 6 nitrogen and oxygen atoms in total. The van der Waals surface area contributed by atoms with Crippen LogP contribution in [0.4, 0.5) is 0 Å². The highest BCUT2D eigenvalue weighted by atomic mass is 16.5. The second kappa shape index (κ2) is 7.61. The van der Waals surface area contributed by atoms with E-state index in [4.69, 9.17) is 14.7 Å². The van der Waals surface area contributed by atoms with Crippen LogP contribution in [0.2, 0.25) is 0 Å². The third-order valence-corrected chi connectivity index (χ3v) is 2.90. The third-order valence-electron chi connectivity index (χ3n) is 2.90. The molecule has 0 radical (unpaired) electrons. The van der Waals surface area contributed by atoms with Crippen LogP contribution in [0, 0.1) is 11.3 Å². The van der Waals surface area contributed by atoms with Crippen molar-refractivity contribution >= 4 is 12.0 Å². The number of pyridine rings is 1. The highest BCUT2D eigenvalue weighted by Gasteiger charge is 2.10. The standard InChI is InChI=1S/C17H14N2O4/c1-21-15-10-12(6-8-16(20)22-2)5-7-14(15)23-17-13(11-18)4-3-9-19-17/h3-10H,1-2H3/b8-6+. The molecule has 2 aromatic rings. The molecule has 1 aromatic carbocycles. The average molecular weight is 310 g/mol. The fourth-order valence-electron chi connectivity index (χ4n) is 1.77. The number of hydrogen-bond donors (Lipinski definition) is 0. The Morgan fingerprint density at radius 2 is 2.09 bits per heavy atom. The first-order chi connectivity index (χ1) is 11.2. The lowest BCUT2D eigenvalue weighted by atomic mass is 10.2. The lowest BCUT2D eigenvalue weighted by Gasteiger charge is -2.11. The van der Waals surface area contributed by atoms with E-state index in [0.29, 0.717) is 17.1 Å². The lowest BCUT2D eigenvalue weighted by Crippen LogP contribution is -1.95. The maximum atomic E-state index is 11.1. The van der Waals surface area contributed by atoms with Gasteiger partial charge in [0.2, 0.25) is 5.88 Å². The molecule has 1 heterocycles. The average Bonchev–Trinajstić information content (AvgIpc) is 2.60. The van der Waals surface area contributed by atoms with Gasteiger partial charge in [-0.2, -0.15) is 5.26 Å². The van der Waals surface area contributed by atoms with E-state index in [1.807, 2.05) is 6.07 Å². The van der Waals surface area contributed by atoms with Crippen LogP contribution in [0.1, 0.15) is 11.1 Å². The van der Waals surface area contributed by atoms with Gasteiger partial charge in [0.25, 0.3) is 0 Å². The molecule has 0 atom stereocenters. The number of carbonyl (C=O) groups is 1. The van der Waals surface area contributed by atoms with Crippen LogP contribution in [0.5, 0.6) is 17.4 Å². The summed E-state index contributed by atoms with van der Waals surface area (Å²) in [6, 6.07) is 10.4. The fourth-order valence-corrected chi connectivity index (χ4v) is 1.77. The number of hydrogen-bond acceptors (Lipinski definition) is 6. The van der Waals surface area contributed by atoms with E-state index in [2.05, 4.69) is 9.72 Å². The van der Waals surface area contributed by atoms with Crippen molar-refractivity contribution in [2.75, 3.05) is 14.2 Å². The molecular weight excluding hydrogens is 296 g/mol. The summed E-state index contributed by atoms with van der Waals surface area (Å²) in [7, 11) is 2.81. The molecule has 0 bridgehead atoms. The van der Waals surface area contributed by atoms with E-state index in [0.717, 1.165) is 5.56 Å². The van der Waals surface area contributed by atoms with Gasteiger partial charge in [-0.1, -0.05) is 6.07 Å². The van der Waals surface area contributed by atoms with Crippen molar-refractivity contribution in [2.24, 2.45) is 0 Å². The molecule has 1 aromatic heterocycles. The van der Waals surface area contributed by atoms with Crippen molar-refractivity contribution in [2.45, 2.75) is 0 Å². The van der Waals surface area contributed by atoms with Crippen molar-refractivity contribution in [1.82, 2.24) is 4.98 Å². The molecule has 0 aliphatic rings. The summed E-state index contributed by atoms with van der Waals surface area (Å²) < 4.78 is 15.5. The number of carbonyl (C=O) groups excluding carboxylic acids is 1. The number of benzene rings is 1. The number of aromatic nitrogens is 1. The molecule has 0 amide bonds. The van der Waals surface area contributed by atoms with Crippen molar-refractivity contribution in [1.29, 1.82) is 5.26 Å². The summed E-state index contributed by atoms with van der Waals surface area (Å²) >= 11 is 0. The van der Waals surface area contributed by atoms with Gasteiger partial charge in [-0.3, -0.25) is 0 Å². The van der Waals surface area contributed by atoms with Gasteiger partial charge in [0.1, 0.15) is 11.6 Å². The topological polar surface area (TPSA) is 81.4 Å². The normalized spacial score (nSPS) is 10.1. The van der Waals surface area contributed by atoms with Crippen LogP contribution >= 0.6 is 0 Å². The maximum Gasteiger partial charge on any atom is 0.330 e. The first kappa shape index (κ1) is 16.0. The zero-order valence-electron chi connectivity index (χ0n) is 12.6. The Labute approximate surface area is 133 Å². The predicted octanol–water partition coefficient (Wildman–Crippen LogP) is 2.94. The monoisotopic (exact) mass is 310 g/mol. The molecule has 116 valence electrons.